The summed E-state index contributed by atoms with van der Waals surface area (Å²) in [7, 11) is 0. The zero-order valence-corrected chi connectivity index (χ0v) is 46.8. The Morgan fingerprint density at radius 2 is 0.771 bits per heavy atom. The van der Waals surface area contributed by atoms with Gasteiger partial charge in [0.15, 0.2) is 0 Å². The lowest BCUT2D eigenvalue weighted by molar-refractivity contribution is 0.366. The fraction of sp³-hybridized carbons (Fsp3) is 0.0864. The molecule has 0 saturated carbocycles. The van der Waals surface area contributed by atoms with Crippen LogP contribution in [0.3, 0.4) is 0 Å². The number of anilines is 6. The Hall–Kier alpha value is -10.0. The molecule has 3 aliphatic carbocycles. The first-order chi connectivity index (χ1) is 40.9. The number of allylic oxidation sites excluding steroid dienone is 4. The van der Waals surface area contributed by atoms with Crippen LogP contribution in [0, 0.1) is 19.8 Å². The Balaban J connectivity index is 0.906. The number of benzene rings is 13. The van der Waals surface area contributed by atoms with Crippen LogP contribution >= 0.6 is 0 Å². The number of hydrogen-bond donors (Lipinski definition) is 0. The van der Waals surface area contributed by atoms with Crippen molar-refractivity contribution in [2.75, 3.05) is 9.80 Å². The third kappa shape index (κ3) is 7.09. The predicted octanol–water partition coefficient (Wildman–Crippen LogP) is 20.9. The number of aryl methyl sites for hydroxylation is 2. The number of rotatable bonds is 10. The lowest BCUT2D eigenvalue weighted by atomic mass is 9.60. The van der Waals surface area contributed by atoms with Crippen molar-refractivity contribution in [3.8, 4) is 11.1 Å². The molecule has 0 heterocycles. The standard InChI is InChI=1S/C81H60N2/c1-54-22-18-30-62(50-54)82(64-32-20-28-60(52-64)80(58-24-6-4-7-25-58)70-36-12-10-34-66(70)67-35-11-13-37-71(67)80)74-47-43-56-42-46-69-75(48-44-57-41-45-68(74)77(56)78(57)69)83(63-31-19-23-55(2)51-63)65-33-21-29-61(53-65)81(59-26-8-5-9-27-59)73-39-15-14-38-72(73)79(3)49-17-16-40-76(79)81/h4-53,76H,1-3H3. The maximum absolute atomic E-state index is 2.52. The van der Waals surface area contributed by atoms with Crippen LogP contribution in [0.5, 0.6) is 0 Å². The average Bonchev–Trinajstić information content (AvgIpc) is 1.67. The maximum atomic E-state index is 2.52. The molecule has 13 aromatic carbocycles. The molecular formula is C81H60N2. The molecular weight excluding hydrogens is 1000 g/mol. The van der Waals surface area contributed by atoms with Crippen molar-refractivity contribution in [3.63, 3.8) is 0 Å². The van der Waals surface area contributed by atoms with Crippen LogP contribution in [-0.2, 0) is 16.2 Å². The first kappa shape index (κ1) is 48.8. The third-order valence-corrected chi connectivity index (χ3v) is 19.0. The molecule has 16 rings (SSSR count). The zero-order chi connectivity index (χ0) is 55.4. The molecule has 0 aromatic heterocycles. The minimum Gasteiger partial charge on any atom is -0.310 e. The van der Waals surface area contributed by atoms with Gasteiger partial charge in [-0.3, -0.25) is 0 Å². The summed E-state index contributed by atoms with van der Waals surface area (Å²) in [6.07, 6.45) is 9.42. The van der Waals surface area contributed by atoms with Gasteiger partial charge in [-0.15, -0.1) is 0 Å². The molecule has 394 valence electrons. The largest absolute Gasteiger partial charge is 0.310 e. The van der Waals surface area contributed by atoms with Crippen molar-refractivity contribution in [3.05, 3.63) is 359 Å². The van der Waals surface area contributed by atoms with Gasteiger partial charge >= 0.3 is 0 Å². The Bertz CT molecular complexity index is 4710. The molecule has 0 amide bonds. The van der Waals surface area contributed by atoms with E-state index in [1.807, 2.05) is 0 Å². The van der Waals surface area contributed by atoms with E-state index in [0.717, 1.165) is 34.1 Å². The molecule has 0 saturated heterocycles. The van der Waals surface area contributed by atoms with E-state index in [2.05, 4.69) is 334 Å². The summed E-state index contributed by atoms with van der Waals surface area (Å²) >= 11 is 0. The van der Waals surface area contributed by atoms with Gasteiger partial charge in [0.25, 0.3) is 0 Å². The van der Waals surface area contributed by atoms with E-state index in [1.165, 1.54) is 99.1 Å². The van der Waals surface area contributed by atoms with Crippen LogP contribution in [-0.4, -0.2) is 0 Å². The lowest BCUT2D eigenvalue weighted by Gasteiger charge is -2.42. The molecule has 3 aliphatic rings. The highest BCUT2D eigenvalue weighted by Crippen LogP contribution is 2.63. The van der Waals surface area contributed by atoms with E-state index in [-0.39, 0.29) is 11.3 Å². The highest BCUT2D eigenvalue weighted by molar-refractivity contribution is 6.28. The number of nitrogens with zero attached hydrogens (tertiary/aromatic N) is 2. The summed E-state index contributed by atoms with van der Waals surface area (Å²) < 4.78 is 0. The van der Waals surface area contributed by atoms with Crippen LogP contribution in [0.2, 0.25) is 0 Å². The Morgan fingerprint density at radius 1 is 0.337 bits per heavy atom. The first-order valence-electron chi connectivity index (χ1n) is 29.3. The molecule has 0 fully saturated rings. The van der Waals surface area contributed by atoms with E-state index < -0.39 is 10.8 Å². The molecule has 83 heavy (non-hydrogen) atoms. The van der Waals surface area contributed by atoms with Gasteiger partial charge < -0.3 is 9.80 Å². The lowest BCUT2D eigenvalue weighted by Crippen LogP contribution is -2.40. The number of hydrogen-bond acceptors (Lipinski definition) is 2. The van der Waals surface area contributed by atoms with E-state index in [1.54, 1.807) is 0 Å². The molecule has 3 atom stereocenters. The summed E-state index contributed by atoms with van der Waals surface area (Å²) in [6.45, 7) is 6.84. The minimum absolute atomic E-state index is 0.147. The quantitative estimate of drug-likeness (QED) is 0.126. The van der Waals surface area contributed by atoms with Gasteiger partial charge in [-0.05, 0) is 163 Å². The molecule has 0 aliphatic heterocycles. The normalized spacial score (nSPS) is 18.0. The molecule has 2 nitrogen and oxygen atoms in total. The van der Waals surface area contributed by atoms with Gasteiger partial charge in [-0.2, -0.15) is 0 Å². The van der Waals surface area contributed by atoms with Gasteiger partial charge in [0, 0.05) is 44.9 Å². The highest BCUT2D eigenvalue weighted by atomic mass is 15.2. The third-order valence-electron chi connectivity index (χ3n) is 19.0. The molecule has 0 N–H and O–H groups in total. The predicted molar refractivity (Wildman–Crippen MR) is 348 cm³/mol. The Morgan fingerprint density at radius 3 is 1.33 bits per heavy atom. The second-order valence-electron chi connectivity index (χ2n) is 23.5. The fourth-order valence-electron chi connectivity index (χ4n) is 15.6. The minimum atomic E-state index is -0.543. The number of fused-ring (bicyclic) bond motifs is 6. The zero-order valence-electron chi connectivity index (χ0n) is 46.8. The first-order valence-corrected chi connectivity index (χ1v) is 29.3. The van der Waals surface area contributed by atoms with Gasteiger partial charge in [-0.1, -0.05) is 250 Å². The molecule has 0 radical (unpaired) electrons. The van der Waals surface area contributed by atoms with Gasteiger partial charge in [0.1, 0.15) is 0 Å². The van der Waals surface area contributed by atoms with Gasteiger partial charge in [0.2, 0.25) is 0 Å². The van der Waals surface area contributed by atoms with E-state index >= 15 is 0 Å². The highest BCUT2D eigenvalue weighted by Gasteiger charge is 2.58. The summed E-state index contributed by atoms with van der Waals surface area (Å²) in [5, 5.41) is 7.35. The van der Waals surface area contributed by atoms with Crippen LogP contribution < -0.4 is 9.80 Å². The van der Waals surface area contributed by atoms with Crippen LogP contribution in [0.15, 0.2) is 303 Å². The Labute approximate surface area is 486 Å². The van der Waals surface area contributed by atoms with Crippen molar-refractivity contribution >= 4 is 66.4 Å². The summed E-state index contributed by atoms with van der Waals surface area (Å²) in [5.74, 6) is 0.147. The van der Waals surface area contributed by atoms with E-state index in [4.69, 9.17) is 0 Å². The summed E-state index contributed by atoms with van der Waals surface area (Å²) in [6, 6.07) is 105. The van der Waals surface area contributed by atoms with Crippen LogP contribution in [0.1, 0.15) is 62.6 Å². The Kier molecular flexibility index (Phi) is 11.0. The summed E-state index contributed by atoms with van der Waals surface area (Å²) in [5.41, 5.74) is 20.9. The second kappa shape index (κ2) is 18.8. The molecule has 0 bridgehead atoms. The second-order valence-corrected chi connectivity index (χ2v) is 23.5. The van der Waals surface area contributed by atoms with Crippen molar-refractivity contribution in [1.82, 2.24) is 0 Å². The van der Waals surface area contributed by atoms with Crippen molar-refractivity contribution in [2.24, 2.45) is 5.92 Å². The molecule has 0 spiro atoms. The molecule has 2 heteroatoms. The maximum Gasteiger partial charge on any atom is 0.0714 e. The van der Waals surface area contributed by atoms with Gasteiger partial charge in [0.05, 0.1) is 22.2 Å². The molecule has 13 aromatic rings. The van der Waals surface area contributed by atoms with Crippen LogP contribution in [0.25, 0.3) is 43.4 Å². The van der Waals surface area contributed by atoms with Gasteiger partial charge in [-0.25, -0.2) is 0 Å². The summed E-state index contributed by atoms with van der Waals surface area (Å²) in [4.78, 5) is 5.02. The van der Waals surface area contributed by atoms with Crippen molar-refractivity contribution in [2.45, 2.75) is 37.0 Å². The monoisotopic (exact) mass is 1060 g/mol. The van der Waals surface area contributed by atoms with Crippen molar-refractivity contribution in [1.29, 1.82) is 0 Å². The topological polar surface area (TPSA) is 6.48 Å². The fourth-order valence-corrected chi connectivity index (χ4v) is 15.6. The van der Waals surface area contributed by atoms with E-state index in [0.29, 0.717) is 0 Å². The average molecular weight is 1060 g/mol. The SMILES string of the molecule is Cc1cccc(N(c2cccc(C3(c4ccccc4)c4ccccc4-c4ccccc43)c2)c2ccc3ccc4c(N(c5cccc(C)c5)c5cccc(C6(c7ccccc7)c7ccccc7C7(C)C=CC=CC76)c5)ccc5ccc2c3c54)c1. The van der Waals surface area contributed by atoms with Crippen LogP contribution in [0.4, 0.5) is 34.1 Å². The smallest absolute Gasteiger partial charge is 0.0714 e. The van der Waals surface area contributed by atoms with Crippen molar-refractivity contribution < 1.29 is 0 Å². The molecule has 3 unspecified atom stereocenters. The van der Waals surface area contributed by atoms with E-state index in [9.17, 15) is 0 Å².